The van der Waals surface area contributed by atoms with Gasteiger partial charge in [0.2, 0.25) is 6.79 Å². The third-order valence-corrected chi connectivity index (χ3v) is 4.53. The number of rotatable bonds is 2. The standard InChI is InChI=1S/C11H14O3Si/c1-15(2,3)11-5-10-9(13-7-14-10)4-8(11)6-12/h4-6H,7H2,1-3H3. The molecule has 0 saturated carbocycles. The topological polar surface area (TPSA) is 35.5 Å². The molecular weight excluding hydrogens is 208 g/mol. The van der Waals surface area contributed by atoms with Crippen LogP contribution in [0.3, 0.4) is 0 Å². The van der Waals surface area contributed by atoms with E-state index in [0.717, 1.165) is 22.8 Å². The molecule has 0 saturated heterocycles. The van der Waals surface area contributed by atoms with E-state index in [4.69, 9.17) is 9.47 Å². The van der Waals surface area contributed by atoms with Gasteiger partial charge >= 0.3 is 0 Å². The predicted molar refractivity (Wildman–Crippen MR) is 60.9 cm³/mol. The van der Waals surface area contributed by atoms with Gasteiger partial charge in [-0.2, -0.15) is 0 Å². The van der Waals surface area contributed by atoms with Crippen molar-refractivity contribution in [2.24, 2.45) is 0 Å². The van der Waals surface area contributed by atoms with E-state index in [-0.39, 0.29) is 6.79 Å². The van der Waals surface area contributed by atoms with Gasteiger partial charge in [-0.1, -0.05) is 19.6 Å². The van der Waals surface area contributed by atoms with Crippen LogP contribution in [0, 0.1) is 0 Å². The summed E-state index contributed by atoms with van der Waals surface area (Å²) in [6, 6.07) is 3.74. The summed E-state index contributed by atoms with van der Waals surface area (Å²) in [4.78, 5) is 11.0. The van der Waals surface area contributed by atoms with Crippen molar-refractivity contribution in [1.29, 1.82) is 0 Å². The Morgan fingerprint density at radius 1 is 1.20 bits per heavy atom. The van der Waals surface area contributed by atoms with Gasteiger partial charge in [-0.15, -0.1) is 0 Å². The first kappa shape index (κ1) is 10.2. The Morgan fingerprint density at radius 3 is 2.33 bits per heavy atom. The first-order chi connectivity index (χ1) is 7.02. The maximum atomic E-state index is 11.0. The van der Waals surface area contributed by atoms with Crippen molar-refractivity contribution < 1.29 is 14.3 Å². The number of hydrogen-bond acceptors (Lipinski definition) is 3. The minimum absolute atomic E-state index is 0.253. The molecule has 0 N–H and O–H groups in total. The van der Waals surface area contributed by atoms with Crippen LogP contribution in [0.2, 0.25) is 19.6 Å². The fourth-order valence-corrected chi connectivity index (χ4v) is 3.27. The lowest BCUT2D eigenvalue weighted by atomic mass is 10.2. The summed E-state index contributed by atoms with van der Waals surface area (Å²) in [5.41, 5.74) is 0.735. The number of aldehydes is 1. The molecule has 0 amide bonds. The molecule has 80 valence electrons. The Kier molecular flexibility index (Phi) is 2.30. The third-order valence-electron chi connectivity index (χ3n) is 2.48. The van der Waals surface area contributed by atoms with Gasteiger partial charge in [0.15, 0.2) is 11.5 Å². The van der Waals surface area contributed by atoms with Gasteiger partial charge in [0.25, 0.3) is 0 Å². The molecule has 0 spiro atoms. The Bertz CT molecular complexity index is 407. The van der Waals surface area contributed by atoms with E-state index in [1.165, 1.54) is 0 Å². The zero-order valence-electron chi connectivity index (χ0n) is 9.16. The Hall–Kier alpha value is -1.29. The summed E-state index contributed by atoms with van der Waals surface area (Å²) in [6.45, 7) is 6.87. The number of carbonyl (C=O) groups is 1. The molecule has 1 heterocycles. The zero-order chi connectivity index (χ0) is 11.1. The minimum Gasteiger partial charge on any atom is -0.454 e. The van der Waals surface area contributed by atoms with Crippen LogP contribution in [0.1, 0.15) is 10.4 Å². The van der Waals surface area contributed by atoms with Gasteiger partial charge in [-0.3, -0.25) is 4.79 Å². The number of benzene rings is 1. The number of ether oxygens (including phenoxy) is 2. The maximum Gasteiger partial charge on any atom is 0.231 e. The van der Waals surface area contributed by atoms with Crippen LogP contribution in [0.15, 0.2) is 12.1 Å². The van der Waals surface area contributed by atoms with E-state index >= 15 is 0 Å². The Balaban J connectivity index is 2.59. The molecule has 0 aliphatic carbocycles. The fourth-order valence-electron chi connectivity index (χ4n) is 1.70. The Labute approximate surface area is 90.0 Å². The van der Waals surface area contributed by atoms with Crippen molar-refractivity contribution in [2.75, 3.05) is 6.79 Å². The zero-order valence-corrected chi connectivity index (χ0v) is 10.2. The van der Waals surface area contributed by atoms with Crippen molar-refractivity contribution in [3.05, 3.63) is 17.7 Å². The summed E-state index contributed by atoms with van der Waals surface area (Å²) in [5.74, 6) is 1.44. The lowest BCUT2D eigenvalue weighted by molar-refractivity contribution is 0.112. The first-order valence-corrected chi connectivity index (χ1v) is 8.41. The van der Waals surface area contributed by atoms with E-state index in [1.54, 1.807) is 6.07 Å². The molecule has 1 aromatic rings. The molecule has 0 atom stereocenters. The van der Waals surface area contributed by atoms with E-state index in [1.807, 2.05) is 6.07 Å². The molecule has 1 aliphatic heterocycles. The average molecular weight is 222 g/mol. The quantitative estimate of drug-likeness (QED) is 0.565. The number of hydrogen-bond donors (Lipinski definition) is 0. The monoisotopic (exact) mass is 222 g/mol. The molecule has 1 aromatic carbocycles. The lowest BCUT2D eigenvalue weighted by Crippen LogP contribution is -2.40. The van der Waals surface area contributed by atoms with Gasteiger partial charge < -0.3 is 9.47 Å². The Morgan fingerprint density at radius 2 is 1.80 bits per heavy atom. The van der Waals surface area contributed by atoms with E-state index in [9.17, 15) is 4.79 Å². The molecule has 0 unspecified atom stereocenters. The second-order valence-electron chi connectivity index (χ2n) is 4.66. The van der Waals surface area contributed by atoms with E-state index in [2.05, 4.69) is 19.6 Å². The van der Waals surface area contributed by atoms with Crippen LogP contribution >= 0.6 is 0 Å². The molecule has 1 aliphatic rings. The third kappa shape index (κ3) is 1.77. The van der Waals surface area contributed by atoms with Crippen LogP contribution in [-0.2, 0) is 0 Å². The van der Waals surface area contributed by atoms with Crippen LogP contribution < -0.4 is 14.7 Å². The average Bonchev–Trinajstić information content (AvgIpc) is 2.60. The van der Waals surface area contributed by atoms with E-state index < -0.39 is 8.07 Å². The highest BCUT2D eigenvalue weighted by atomic mass is 28.3. The van der Waals surface area contributed by atoms with Crippen molar-refractivity contribution in [3.8, 4) is 11.5 Å². The second-order valence-corrected chi connectivity index (χ2v) is 9.70. The highest BCUT2D eigenvalue weighted by Crippen LogP contribution is 2.32. The van der Waals surface area contributed by atoms with Crippen LogP contribution in [0.4, 0.5) is 0 Å². The SMILES string of the molecule is C[Si](C)(C)c1cc2c(cc1C=O)OCO2. The second kappa shape index (κ2) is 3.38. The molecule has 0 aromatic heterocycles. The summed E-state index contributed by atoms with van der Waals surface area (Å²) < 4.78 is 10.6. The van der Waals surface area contributed by atoms with Crippen molar-refractivity contribution in [1.82, 2.24) is 0 Å². The molecular formula is C11H14O3Si. The van der Waals surface area contributed by atoms with Crippen LogP contribution in [0.5, 0.6) is 11.5 Å². The van der Waals surface area contributed by atoms with Crippen molar-refractivity contribution in [3.63, 3.8) is 0 Å². The molecule has 0 bridgehead atoms. The van der Waals surface area contributed by atoms with E-state index in [0.29, 0.717) is 5.75 Å². The number of carbonyl (C=O) groups excluding carboxylic acids is 1. The molecule has 4 heteroatoms. The maximum absolute atomic E-state index is 11.0. The van der Waals surface area contributed by atoms with Gasteiger partial charge in [0, 0.05) is 5.56 Å². The normalized spacial score (nSPS) is 14.1. The highest BCUT2D eigenvalue weighted by molar-refractivity contribution is 6.89. The summed E-state index contributed by atoms with van der Waals surface area (Å²) in [6.07, 6.45) is 0.898. The van der Waals surface area contributed by atoms with Crippen molar-refractivity contribution >= 4 is 19.5 Å². The van der Waals surface area contributed by atoms with Crippen LogP contribution in [0.25, 0.3) is 0 Å². The van der Waals surface area contributed by atoms with Gasteiger partial charge in [0.05, 0.1) is 8.07 Å². The summed E-state index contributed by atoms with van der Waals surface area (Å²) >= 11 is 0. The molecule has 15 heavy (non-hydrogen) atoms. The molecule has 3 nitrogen and oxygen atoms in total. The molecule has 0 fully saturated rings. The largest absolute Gasteiger partial charge is 0.454 e. The summed E-state index contributed by atoms with van der Waals surface area (Å²) in [7, 11) is -1.51. The first-order valence-electron chi connectivity index (χ1n) is 4.91. The van der Waals surface area contributed by atoms with Gasteiger partial charge in [-0.05, 0) is 17.3 Å². The van der Waals surface area contributed by atoms with Crippen molar-refractivity contribution in [2.45, 2.75) is 19.6 Å². The smallest absolute Gasteiger partial charge is 0.231 e. The van der Waals surface area contributed by atoms with Gasteiger partial charge in [-0.25, -0.2) is 0 Å². The van der Waals surface area contributed by atoms with Gasteiger partial charge in [0.1, 0.15) is 6.29 Å². The lowest BCUT2D eigenvalue weighted by Gasteiger charge is -2.19. The fraction of sp³-hybridized carbons (Fsp3) is 0.364. The number of fused-ring (bicyclic) bond motifs is 1. The minimum atomic E-state index is -1.51. The molecule has 2 rings (SSSR count). The highest BCUT2D eigenvalue weighted by Gasteiger charge is 2.24. The molecule has 0 radical (unpaired) electrons. The van der Waals surface area contributed by atoms with Crippen LogP contribution in [-0.4, -0.2) is 21.2 Å². The predicted octanol–water partition coefficient (Wildman–Crippen LogP) is 1.77. The summed E-state index contributed by atoms with van der Waals surface area (Å²) in [5, 5.41) is 1.13.